The number of rotatable bonds is 5. The van der Waals surface area contributed by atoms with Gasteiger partial charge in [-0.2, -0.15) is 0 Å². The fourth-order valence-corrected chi connectivity index (χ4v) is 3.80. The number of carboxylic acid groups (broad SMARTS) is 1. The lowest BCUT2D eigenvalue weighted by molar-refractivity contribution is -0.140. The SMILES string of the molecule is CCN1C(=O)c2cc(OC)c(OC)cc2C(C(=O)O)C1c1cccc(C)c1. The Morgan fingerprint density at radius 2 is 1.81 bits per heavy atom. The third kappa shape index (κ3) is 3.12. The van der Waals surface area contributed by atoms with Crippen molar-refractivity contribution in [3.8, 4) is 11.5 Å². The summed E-state index contributed by atoms with van der Waals surface area (Å²) in [5.41, 5.74) is 2.60. The summed E-state index contributed by atoms with van der Waals surface area (Å²) in [6.45, 7) is 4.20. The second-order valence-corrected chi connectivity index (χ2v) is 6.56. The summed E-state index contributed by atoms with van der Waals surface area (Å²) in [5, 5.41) is 10.1. The summed E-state index contributed by atoms with van der Waals surface area (Å²) in [4.78, 5) is 27.1. The van der Waals surface area contributed by atoms with Crippen LogP contribution in [0.3, 0.4) is 0 Å². The number of ether oxygens (including phenoxy) is 2. The van der Waals surface area contributed by atoms with Crippen molar-refractivity contribution in [1.82, 2.24) is 4.90 Å². The van der Waals surface area contributed by atoms with Gasteiger partial charge in [-0.05, 0) is 37.1 Å². The van der Waals surface area contributed by atoms with E-state index in [1.54, 1.807) is 17.0 Å². The average Bonchev–Trinajstić information content (AvgIpc) is 2.66. The van der Waals surface area contributed by atoms with Crippen molar-refractivity contribution >= 4 is 11.9 Å². The molecule has 1 N–H and O–H groups in total. The van der Waals surface area contributed by atoms with Crippen molar-refractivity contribution in [2.45, 2.75) is 25.8 Å². The van der Waals surface area contributed by atoms with Gasteiger partial charge in [-0.15, -0.1) is 0 Å². The highest BCUT2D eigenvalue weighted by molar-refractivity contribution is 6.01. The van der Waals surface area contributed by atoms with Crippen molar-refractivity contribution in [3.63, 3.8) is 0 Å². The number of hydrogen-bond acceptors (Lipinski definition) is 4. The quantitative estimate of drug-likeness (QED) is 0.874. The van der Waals surface area contributed by atoms with E-state index in [0.717, 1.165) is 11.1 Å². The van der Waals surface area contributed by atoms with Gasteiger partial charge in [-0.3, -0.25) is 9.59 Å². The molecule has 6 heteroatoms. The number of hydrogen-bond donors (Lipinski definition) is 1. The van der Waals surface area contributed by atoms with Gasteiger partial charge in [0, 0.05) is 12.1 Å². The summed E-state index contributed by atoms with van der Waals surface area (Å²) in [7, 11) is 2.97. The van der Waals surface area contributed by atoms with Gasteiger partial charge in [0.05, 0.1) is 20.3 Å². The first-order valence-electron chi connectivity index (χ1n) is 8.79. The van der Waals surface area contributed by atoms with Gasteiger partial charge < -0.3 is 19.5 Å². The Morgan fingerprint density at radius 1 is 1.15 bits per heavy atom. The number of benzene rings is 2. The zero-order valence-electron chi connectivity index (χ0n) is 15.9. The van der Waals surface area contributed by atoms with Crippen LogP contribution in [0, 0.1) is 6.92 Å². The Bertz CT molecular complexity index is 892. The van der Waals surface area contributed by atoms with Gasteiger partial charge in [-0.25, -0.2) is 0 Å². The van der Waals surface area contributed by atoms with E-state index in [1.165, 1.54) is 14.2 Å². The summed E-state index contributed by atoms with van der Waals surface area (Å²) in [6, 6.07) is 10.2. The number of methoxy groups -OCH3 is 2. The number of fused-ring (bicyclic) bond motifs is 1. The Hall–Kier alpha value is -3.02. The number of likely N-dealkylation sites (N-methyl/N-ethyl adjacent to an activating group) is 1. The molecule has 27 heavy (non-hydrogen) atoms. The molecule has 1 heterocycles. The number of carbonyl (C=O) groups is 2. The summed E-state index contributed by atoms with van der Waals surface area (Å²) >= 11 is 0. The number of aryl methyl sites for hydroxylation is 1. The number of nitrogens with zero attached hydrogens (tertiary/aromatic N) is 1. The van der Waals surface area contributed by atoms with E-state index in [9.17, 15) is 14.7 Å². The minimum absolute atomic E-state index is 0.211. The predicted octanol–water partition coefficient (Wildman–Crippen LogP) is 3.40. The molecule has 1 aliphatic heterocycles. The topological polar surface area (TPSA) is 76.1 Å². The minimum atomic E-state index is -0.985. The summed E-state index contributed by atoms with van der Waals surface area (Å²) in [5.74, 6) is -1.29. The molecule has 6 nitrogen and oxygen atoms in total. The molecule has 1 aliphatic rings. The number of carboxylic acids is 1. The van der Waals surface area contributed by atoms with Crippen LogP contribution in [0.15, 0.2) is 36.4 Å². The molecule has 142 valence electrons. The Morgan fingerprint density at radius 3 is 2.37 bits per heavy atom. The average molecular weight is 369 g/mol. The molecule has 0 saturated heterocycles. The van der Waals surface area contributed by atoms with Gasteiger partial charge in [0.2, 0.25) is 0 Å². The zero-order valence-corrected chi connectivity index (χ0v) is 15.9. The Balaban J connectivity index is 2.27. The van der Waals surface area contributed by atoms with Gasteiger partial charge >= 0.3 is 5.97 Å². The molecule has 3 rings (SSSR count). The number of aliphatic carboxylic acids is 1. The van der Waals surface area contributed by atoms with E-state index in [1.807, 2.05) is 38.1 Å². The van der Waals surface area contributed by atoms with Crippen molar-refractivity contribution < 1.29 is 24.2 Å². The molecule has 2 aromatic rings. The van der Waals surface area contributed by atoms with Gasteiger partial charge in [0.15, 0.2) is 11.5 Å². The van der Waals surface area contributed by atoms with Crippen LogP contribution in [0.4, 0.5) is 0 Å². The van der Waals surface area contributed by atoms with Crippen molar-refractivity contribution in [2.75, 3.05) is 20.8 Å². The molecule has 0 fully saturated rings. The molecule has 1 amide bonds. The highest BCUT2D eigenvalue weighted by atomic mass is 16.5. The van der Waals surface area contributed by atoms with E-state index in [0.29, 0.717) is 29.2 Å². The van der Waals surface area contributed by atoms with E-state index >= 15 is 0 Å². The third-order valence-corrected chi connectivity index (χ3v) is 5.02. The number of amides is 1. The molecule has 0 aromatic heterocycles. The second-order valence-electron chi connectivity index (χ2n) is 6.56. The van der Waals surface area contributed by atoms with E-state index in [2.05, 4.69) is 0 Å². The molecule has 2 aromatic carbocycles. The number of carbonyl (C=O) groups excluding carboxylic acids is 1. The van der Waals surface area contributed by atoms with Crippen LogP contribution in [-0.4, -0.2) is 42.6 Å². The van der Waals surface area contributed by atoms with Gasteiger partial charge in [-0.1, -0.05) is 29.8 Å². The maximum absolute atomic E-state index is 13.2. The highest BCUT2D eigenvalue weighted by Gasteiger charge is 2.44. The third-order valence-electron chi connectivity index (χ3n) is 5.02. The molecule has 0 bridgehead atoms. The van der Waals surface area contributed by atoms with Crippen LogP contribution in [0.25, 0.3) is 0 Å². The lowest BCUT2D eigenvalue weighted by Gasteiger charge is -2.40. The normalized spacial score (nSPS) is 18.8. The molecule has 2 atom stereocenters. The lowest BCUT2D eigenvalue weighted by Crippen LogP contribution is -2.44. The molecule has 2 unspecified atom stereocenters. The largest absolute Gasteiger partial charge is 0.493 e. The predicted molar refractivity (Wildman–Crippen MR) is 101 cm³/mol. The fourth-order valence-electron chi connectivity index (χ4n) is 3.80. The van der Waals surface area contributed by atoms with Crippen LogP contribution in [0.5, 0.6) is 11.5 Å². The van der Waals surface area contributed by atoms with Crippen LogP contribution < -0.4 is 9.47 Å². The van der Waals surface area contributed by atoms with E-state index in [-0.39, 0.29) is 5.91 Å². The molecule has 0 radical (unpaired) electrons. The summed E-state index contributed by atoms with van der Waals surface area (Å²) < 4.78 is 10.6. The van der Waals surface area contributed by atoms with Crippen LogP contribution in [-0.2, 0) is 4.79 Å². The first-order chi connectivity index (χ1) is 12.9. The first-order valence-corrected chi connectivity index (χ1v) is 8.79. The lowest BCUT2D eigenvalue weighted by atomic mass is 9.79. The van der Waals surface area contributed by atoms with Gasteiger partial charge in [0.1, 0.15) is 5.92 Å². The van der Waals surface area contributed by atoms with Crippen molar-refractivity contribution in [3.05, 3.63) is 58.7 Å². The molecular weight excluding hydrogens is 346 g/mol. The highest BCUT2D eigenvalue weighted by Crippen LogP contribution is 2.46. The molecule has 0 spiro atoms. The van der Waals surface area contributed by atoms with Crippen LogP contribution in [0.1, 0.15) is 45.9 Å². The van der Waals surface area contributed by atoms with Crippen LogP contribution in [0.2, 0.25) is 0 Å². The molecular formula is C21H23NO5. The fraction of sp³-hybridized carbons (Fsp3) is 0.333. The van der Waals surface area contributed by atoms with Crippen molar-refractivity contribution in [1.29, 1.82) is 0 Å². The second kappa shape index (κ2) is 7.31. The van der Waals surface area contributed by atoms with Gasteiger partial charge in [0.25, 0.3) is 5.91 Å². The Kier molecular flexibility index (Phi) is 5.08. The van der Waals surface area contributed by atoms with Crippen LogP contribution >= 0.6 is 0 Å². The Labute approximate surface area is 158 Å². The maximum Gasteiger partial charge on any atom is 0.313 e. The maximum atomic E-state index is 13.2. The monoisotopic (exact) mass is 369 g/mol. The molecule has 0 aliphatic carbocycles. The zero-order chi connectivity index (χ0) is 19.7. The first kappa shape index (κ1) is 18.8. The standard InChI is InChI=1S/C21H23NO5/c1-5-22-19(13-8-6-7-12(2)9-13)18(21(24)25)14-10-16(26-3)17(27-4)11-15(14)20(22)23/h6-11,18-19H,5H2,1-4H3,(H,24,25). The smallest absolute Gasteiger partial charge is 0.313 e. The summed E-state index contributed by atoms with van der Waals surface area (Å²) in [6.07, 6.45) is 0. The van der Waals surface area contributed by atoms with Crippen molar-refractivity contribution in [2.24, 2.45) is 0 Å². The molecule has 0 saturated carbocycles. The minimum Gasteiger partial charge on any atom is -0.493 e. The van der Waals surface area contributed by atoms with E-state index < -0.39 is 17.9 Å². The van der Waals surface area contributed by atoms with E-state index in [4.69, 9.17) is 9.47 Å².